The molecule has 0 saturated carbocycles. The second kappa shape index (κ2) is 11.7. The van der Waals surface area contributed by atoms with Gasteiger partial charge in [-0.3, -0.25) is 10.1 Å². The molecule has 0 aliphatic carbocycles. The Bertz CT molecular complexity index is 1180. The van der Waals surface area contributed by atoms with E-state index in [0.717, 1.165) is 17.7 Å². The molecule has 1 aliphatic heterocycles. The number of rotatable bonds is 10. The monoisotopic (exact) mass is 514 g/mol. The number of hydrogen-bond donors (Lipinski definition) is 1. The maximum absolute atomic E-state index is 14.1. The van der Waals surface area contributed by atoms with E-state index in [0.29, 0.717) is 42.4 Å². The summed E-state index contributed by atoms with van der Waals surface area (Å²) in [7, 11) is 3.04. The molecule has 1 heterocycles. The third-order valence-corrected chi connectivity index (χ3v) is 6.27. The second-order valence-electron chi connectivity index (χ2n) is 8.72. The zero-order chi connectivity index (χ0) is 26.4. The van der Waals surface area contributed by atoms with Gasteiger partial charge in [-0.2, -0.15) is 13.2 Å². The molecule has 37 heavy (non-hydrogen) atoms. The Hall–Kier alpha value is -3.56. The predicted molar refractivity (Wildman–Crippen MR) is 134 cm³/mol. The summed E-state index contributed by atoms with van der Waals surface area (Å²) in [5.41, 5.74) is 1.37. The van der Waals surface area contributed by atoms with Gasteiger partial charge in [0.2, 0.25) is 5.91 Å². The molecule has 1 N–H and O–H groups in total. The fourth-order valence-electron chi connectivity index (χ4n) is 4.14. The number of carbonyl (C=O) groups excluding carboxylic acids is 1. The molecule has 1 amide bonds. The van der Waals surface area contributed by atoms with Crippen LogP contribution < -0.4 is 19.7 Å². The Kier molecular flexibility index (Phi) is 8.35. The first-order valence-corrected chi connectivity index (χ1v) is 11.9. The van der Waals surface area contributed by atoms with Crippen molar-refractivity contribution in [3.63, 3.8) is 0 Å². The van der Waals surface area contributed by atoms with Crippen molar-refractivity contribution in [3.8, 4) is 11.5 Å². The van der Waals surface area contributed by atoms with E-state index in [1.807, 2.05) is 30.3 Å². The highest BCUT2D eigenvalue weighted by Crippen LogP contribution is 2.33. The van der Waals surface area contributed by atoms with Gasteiger partial charge < -0.3 is 19.1 Å². The summed E-state index contributed by atoms with van der Waals surface area (Å²) in [6.45, 7) is 1.27. The molecule has 0 unspecified atom stereocenters. The number of hydrogen-bond acceptors (Lipinski definition) is 5. The fourth-order valence-corrected chi connectivity index (χ4v) is 4.14. The average Bonchev–Trinajstić information content (AvgIpc) is 2.88. The molecular formula is C28H29F3N2O4. The summed E-state index contributed by atoms with van der Waals surface area (Å²) < 4.78 is 55.1. The van der Waals surface area contributed by atoms with E-state index in [9.17, 15) is 18.0 Å². The first-order valence-electron chi connectivity index (χ1n) is 11.9. The van der Waals surface area contributed by atoms with E-state index in [1.165, 1.54) is 26.4 Å². The van der Waals surface area contributed by atoms with Crippen LogP contribution in [-0.2, 0) is 22.1 Å². The standard InChI is InChI=1S/C28H29F3N2O4/c1-35-24-13-12-23(16-25(24)36-2)33(15-14-19-8-10-21(11-9-19)28(29,30)31)27(34)26(32-22-17-37-18-22)20-6-4-3-5-7-20/h3-13,16,22,26,32H,14-15,17-18H2,1-2H3/t26-/m0/s1. The molecule has 3 aromatic rings. The topological polar surface area (TPSA) is 60.0 Å². The van der Waals surface area contributed by atoms with E-state index in [-0.39, 0.29) is 18.5 Å². The highest BCUT2D eigenvalue weighted by atomic mass is 19.4. The third-order valence-electron chi connectivity index (χ3n) is 6.27. The highest BCUT2D eigenvalue weighted by Gasteiger charge is 2.32. The van der Waals surface area contributed by atoms with Gasteiger partial charge in [-0.15, -0.1) is 0 Å². The highest BCUT2D eigenvalue weighted by molar-refractivity contribution is 5.98. The van der Waals surface area contributed by atoms with Crippen molar-refractivity contribution in [3.05, 3.63) is 89.5 Å². The van der Waals surface area contributed by atoms with Crippen molar-refractivity contribution in [1.82, 2.24) is 5.32 Å². The number of alkyl halides is 3. The number of nitrogens with zero attached hydrogens (tertiary/aromatic N) is 1. The molecule has 0 aromatic heterocycles. The van der Waals surface area contributed by atoms with Crippen LogP contribution in [0.1, 0.15) is 22.7 Å². The van der Waals surface area contributed by atoms with Gasteiger partial charge in [-0.1, -0.05) is 42.5 Å². The smallest absolute Gasteiger partial charge is 0.416 e. The van der Waals surface area contributed by atoms with Crippen molar-refractivity contribution in [1.29, 1.82) is 0 Å². The average molecular weight is 515 g/mol. The van der Waals surface area contributed by atoms with Crippen LogP contribution in [0, 0.1) is 0 Å². The molecule has 9 heteroatoms. The number of ether oxygens (including phenoxy) is 3. The van der Waals surface area contributed by atoms with Crippen LogP contribution in [0.2, 0.25) is 0 Å². The minimum Gasteiger partial charge on any atom is -0.493 e. The van der Waals surface area contributed by atoms with Crippen LogP contribution >= 0.6 is 0 Å². The van der Waals surface area contributed by atoms with Gasteiger partial charge in [0, 0.05) is 18.3 Å². The zero-order valence-corrected chi connectivity index (χ0v) is 20.6. The molecule has 1 saturated heterocycles. The van der Waals surface area contributed by atoms with Crippen LogP contribution in [0.3, 0.4) is 0 Å². The zero-order valence-electron chi connectivity index (χ0n) is 20.6. The lowest BCUT2D eigenvalue weighted by Crippen LogP contribution is -2.52. The quantitative estimate of drug-likeness (QED) is 0.412. The molecule has 4 rings (SSSR count). The molecule has 3 aromatic carbocycles. The van der Waals surface area contributed by atoms with Gasteiger partial charge in [0.25, 0.3) is 0 Å². The molecule has 0 radical (unpaired) electrons. The minimum absolute atomic E-state index is 0.0383. The summed E-state index contributed by atoms with van der Waals surface area (Å²) in [6.07, 6.45) is -4.05. The van der Waals surface area contributed by atoms with Crippen molar-refractivity contribution in [2.75, 3.05) is 38.9 Å². The second-order valence-corrected chi connectivity index (χ2v) is 8.72. The molecule has 6 nitrogen and oxygen atoms in total. The number of amides is 1. The third kappa shape index (κ3) is 6.42. The van der Waals surface area contributed by atoms with Gasteiger partial charge >= 0.3 is 6.18 Å². The number of benzene rings is 3. The summed E-state index contributed by atoms with van der Waals surface area (Å²) in [6, 6.07) is 19.0. The summed E-state index contributed by atoms with van der Waals surface area (Å²) in [4.78, 5) is 15.7. The van der Waals surface area contributed by atoms with Crippen LogP contribution in [0.4, 0.5) is 18.9 Å². The Morgan fingerprint density at radius 2 is 1.68 bits per heavy atom. The van der Waals surface area contributed by atoms with Gasteiger partial charge in [0.1, 0.15) is 6.04 Å². The predicted octanol–water partition coefficient (Wildman–Crippen LogP) is 5.03. The van der Waals surface area contributed by atoms with E-state index in [1.54, 1.807) is 23.1 Å². The SMILES string of the molecule is COc1ccc(N(CCc2ccc(C(F)(F)F)cc2)C(=O)[C@@H](NC2COC2)c2ccccc2)cc1OC. The lowest BCUT2D eigenvalue weighted by atomic mass is 10.0. The summed E-state index contributed by atoms with van der Waals surface area (Å²) in [5.74, 6) is 0.784. The van der Waals surface area contributed by atoms with Gasteiger partial charge in [-0.25, -0.2) is 0 Å². The van der Waals surface area contributed by atoms with E-state index in [2.05, 4.69) is 5.32 Å². The maximum Gasteiger partial charge on any atom is 0.416 e. The molecule has 0 bridgehead atoms. The largest absolute Gasteiger partial charge is 0.493 e. The van der Waals surface area contributed by atoms with Crippen LogP contribution in [-0.4, -0.2) is 45.9 Å². The van der Waals surface area contributed by atoms with E-state index < -0.39 is 17.8 Å². The number of halogens is 3. The Morgan fingerprint density at radius 3 is 2.24 bits per heavy atom. The first kappa shape index (κ1) is 26.5. The Morgan fingerprint density at radius 1 is 1.00 bits per heavy atom. The lowest BCUT2D eigenvalue weighted by Gasteiger charge is -2.34. The molecule has 1 atom stereocenters. The first-order chi connectivity index (χ1) is 17.8. The van der Waals surface area contributed by atoms with Crippen LogP contribution in [0.15, 0.2) is 72.8 Å². The number of anilines is 1. The molecular weight excluding hydrogens is 485 g/mol. The molecule has 196 valence electrons. The van der Waals surface area contributed by atoms with E-state index >= 15 is 0 Å². The number of nitrogens with one attached hydrogen (secondary N) is 1. The van der Waals surface area contributed by atoms with Crippen molar-refractivity contribution in [2.24, 2.45) is 0 Å². The summed E-state index contributed by atoms with van der Waals surface area (Å²) in [5, 5.41) is 3.40. The normalized spacial score (nSPS) is 14.5. The fraction of sp³-hybridized carbons (Fsp3) is 0.321. The van der Waals surface area contributed by atoms with Crippen molar-refractivity contribution < 1.29 is 32.2 Å². The molecule has 1 aliphatic rings. The Labute approximate surface area is 213 Å². The van der Waals surface area contributed by atoms with Gasteiger partial charge in [-0.05, 0) is 41.8 Å². The molecule has 1 fully saturated rings. The summed E-state index contributed by atoms with van der Waals surface area (Å²) >= 11 is 0. The lowest BCUT2D eigenvalue weighted by molar-refractivity contribution is -0.137. The maximum atomic E-state index is 14.1. The van der Waals surface area contributed by atoms with Crippen molar-refractivity contribution >= 4 is 11.6 Å². The number of methoxy groups -OCH3 is 2. The van der Waals surface area contributed by atoms with Crippen molar-refractivity contribution in [2.45, 2.75) is 24.7 Å². The molecule has 0 spiro atoms. The minimum atomic E-state index is -4.40. The number of carbonyl (C=O) groups is 1. The Balaban J connectivity index is 1.65. The van der Waals surface area contributed by atoms with Gasteiger partial charge in [0.15, 0.2) is 11.5 Å². The van der Waals surface area contributed by atoms with Gasteiger partial charge in [0.05, 0.1) is 39.0 Å². The van der Waals surface area contributed by atoms with Crippen LogP contribution in [0.25, 0.3) is 0 Å². The van der Waals surface area contributed by atoms with E-state index in [4.69, 9.17) is 14.2 Å². The van der Waals surface area contributed by atoms with Crippen LogP contribution in [0.5, 0.6) is 11.5 Å².